The molecule has 1 aliphatic carbocycles. The fourth-order valence-electron chi connectivity index (χ4n) is 1.58. The number of amides is 1. The van der Waals surface area contributed by atoms with E-state index in [2.05, 4.69) is 29.5 Å². The third kappa shape index (κ3) is 3.19. The summed E-state index contributed by atoms with van der Waals surface area (Å²) >= 11 is 0. The van der Waals surface area contributed by atoms with Crippen LogP contribution in [0.4, 0.5) is 5.69 Å². The normalized spacial score (nSPS) is 16.4. The van der Waals surface area contributed by atoms with Crippen molar-refractivity contribution >= 4 is 11.6 Å². The molecule has 0 saturated heterocycles. The number of aromatic nitrogens is 1. The molecule has 0 aromatic carbocycles. The van der Waals surface area contributed by atoms with Crippen LogP contribution in [0.15, 0.2) is 18.3 Å². The molecule has 0 atom stereocenters. The van der Waals surface area contributed by atoms with Gasteiger partial charge < -0.3 is 10.6 Å². The maximum atomic E-state index is 11.9. The van der Waals surface area contributed by atoms with Gasteiger partial charge in [-0.05, 0) is 38.3 Å². The number of pyridine rings is 1. The first-order valence-corrected chi connectivity index (χ1v) is 6.15. The topological polar surface area (TPSA) is 54.0 Å². The molecule has 1 aliphatic rings. The van der Waals surface area contributed by atoms with Gasteiger partial charge in [0.1, 0.15) is 5.69 Å². The van der Waals surface area contributed by atoms with Crippen LogP contribution in [-0.2, 0) is 0 Å². The molecular weight excluding hydrogens is 214 g/mol. The number of carbonyl (C=O) groups excluding carboxylic acids is 1. The monoisotopic (exact) mass is 233 g/mol. The van der Waals surface area contributed by atoms with Crippen LogP contribution in [0.1, 0.15) is 43.6 Å². The Hall–Kier alpha value is -1.58. The van der Waals surface area contributed by atoms with Gasteiger partial charge in [-0.3, -0.25) is 9.78 Å². The van der Waals surface area contributed by atoms with Crippen molar-refractivity contribution < 1.29 is 4.79 Å². The van der Waals surface area contributed by atoms with Crippen molar-refractivity contribution in [3.8, 4) is 0 Å². The molecule has 4 nitrogen and oxygen atoms in total. The predicted octanol–water partition coefficient (Wildman–Crippen LogP) is 2.19. The summed E-state index contributed by atoms with van der Waals surface area (Å²) in [5.74, 6) is -0.0786. The van der Waals surface area contributed by atoms with Crippen molar-refractivity contribution in [1.29, 1.82) is 0 Å². The Kier molecular flexibility index (Phi) is 3.31. The van der Waals surface area contributed by atoms with Gasteiger partial charge >= 0.3 is 0 Å². The average Bonchev–Trinajstić information content (AvgIpc) is 3.04. The summed E-state index contributed by atoms with van der Waals surface area (Å²) in [6, 6.07) is 3.68. The third-order valence-corrected chi connectivity index (χ3v) is 2.99. The summed E-state index contributed by atoms with van der Waals surface area (Å²) in [6.45, 7) is 5.07. The van der Waals surface area contributed by atoms with Gasteiger partial charge in [-0.15, -0.1) is 0 Å². The molecule has 0 unspecified atom stereocenters. The molecule has 2 rings (SSSR count). The van der Waals surface area contributed by atoms with E-state index in [1.54, 1.807) is 12.3 Å². The second-order valence-corrected chi connectivity index (χ2v) is 4.87. The maximum absolute atomic E-state index is 11.9. The minimum Gasteiger partial charge on any atom is -0.385 e. The molecule has 0 spiro atoms. The van der Waals surface area contributed by atoms with E-state index in [0.717, 1.165) is 31.5 Å². The molecule has 1 saturated carbocycles. The van der Waals surface area contributed by atoms with E-state index in [4.69, 9.17) is 0 Å². The molecule has 1 amide bonds. The number of nitrogens with zero attached hydrogens (tertiary/aromatic N) is 1. The van der Waals surface area contributed by atoms with Gasteiger partial charge in [0.2, 0.25) is 0 Å². The summed E-state index contributed by atoms with van der Waals surface area (Å²) in [4.78, 5) is 16.0. The number of hydrogen-bond acceptors (Lipinski definition) is 3. The van der Waals surface area contributed by atoms with Gasteiger partial charge in [0.15, 0.2) is 0 Å². The zero-order valence-electron chi connectivity index (χ0n) is 10.4. The lowest BCUT2D eigenvalue weighted by atomic mass is 10.2. The van der Waals surface area contributed by atoms with Crippen LogP contribution in [0.3, 0.4) is 0 Å². The Balaban J connectivity index is 2.01. The molecule has 4 heteroatoms. The van der Waals surface area contributed by atoms with Crippen LogP contribution in [0.2, 0.25) is 0 Å². The predicted molar refractivity (Wildman–Crippen MR) is 68.1 cm³/mol. The number of hydrogen-bond donors (Lipinski definition) is 2. The Labute approximate surface area is 102 Å². The van der Waals surface area contributed by atoms with Crippen molar-refractivity contribution in [2.24, 2.45) is 0 Å². The lowest BCUT2D eigenvalue weighted by Crippen LogP contribution is -2.34. The molecular formula is C13H19N3O. The Morgan fingerprint density at radius 3 is 2.94 bits per heavy atom. The van der Waals surface area contributed by atoms with Crippen molar-refractivity contribution in [2.45, 2.75) is 38.6 Å². The van der Waals surface area contributed by atoms with Crippen LogP contribution in [0.25, 0.3) is 0 Å². The second kappa shape index (κ2) is 4.73. The van der Waals surface area contributed by atoms with Gasteiger partial charge in [0.05, 0.1) is 0 Å². The molecule has 1 heterocycles. The zero-order chi connectivity index (χ0) is 12.3. The third-order valence-electron chi connectivity index (χ3n) is 2.99. The van der Waals surface area contributed by atoms with E-state index in [0.29, 0.717) is 5.69 Å². The van der Waals surface area contributed by atoms with Crippen LogP contribution in [-0.4, -0.2) is 23.0 Å². The number of anilines is 1. The fourth-order valence-corrected chi connectivity index (χ4v) is 1.58. The molecule has 1 fully saturated rings. The van der Waals surface area contributed by atoms with E-state index in [1.807, 2.05) is 6.07 Å². The molecule has 2 N–H and O–H groups in total. The van der Waals surface area contributed by atoms with Gasteiger partial charge in [-0.2, -0.15) is 0 Å². The highest BCUT2D eigenvalue weighted by molar-refractivity contribution is 5.93. The zero-order valence-corrected chi connectivity index (χ0v) is 10.4. The van der Waals surface area contributed by atoms with Crippen LogP contribution in [0.5, 0.6) is 0 Å². The second-order valence-electron chi connectivity index (χ2n) is 4.87. The molecule has 17 heavy (non-hydrogen) atoms. The van der Waals surface area contributed by atoms with Gasteiger partial charge in [-0.25, -0.2) is 0 Å². The van der Waals surface area contributed by atoms with E-state index < -0.39 is 0 Å². The van der Waals surface area contributed by atoms with Gasteiger partial charge in [-0.1, -0.05) is 6.92 Å². The van der Waals surface area contributed by atoms with E-state index in [9.17, 15) is 4.79 Å². The first kappa shape index (κ1) is 11.9. The summed E-state index contributed by atoms with van der Waals surface area (Å²) in [5, 5.41) is 6.25. The van der Waals surface area contributed by atoms with Gasteiger partial charge in [0.25, 0.3) is 5.91 Å². The average molecular weight is 233 g/mol. The van der Waals surface area contributed by atoms with Crippen molar-refractivity contribution in [3.05, 3.63) is 24.0 Å². The molecule has 0 bridgehead atoms. The summed E-state index contributed by atoms with van der Waals surface area (Å²) in [5.41, 5.74) is 1.44. The molecule has 0 radical (unpaired) electrons. The van der Waals surface area contributed by atoms with E-state index in [-0.39, 0.29) is 11.4 Å². The lowest BCUT2D eigenvalue weighted by Gasteiger charge is -2.11. The lowest BCUT2D eigenvalue weighted by molar-refractivity contribution is 0.0930. The maximum Gasteiger partial charge on any atom is 0.270 e. The molecule has 1 aromatic rings. The first-order chi connectivity index (χ1) is 8.13. The van der Waals surface area contributed by atoms with E-state index in [1.165, 1.54) is 0 Å². The number of nitrogens with one attached hydrogen (secondary N) is 2. The van der Waals surface area contributed by atoms with Crippen LogP contribution < -0.4 is 10.6 Å². The number of rotatable bonds is 5. The highest BCUT2D eigenvalue weighted by Crippen LogP contribution is 2.34. The first-order valence-electron chi connectivity index (χ1n) is 6.15. The largest absolute Gasteiger partial charge is 0.385 e. The molecule has 92 valence electrons. The highest BCUT2D eigenvalue weighted by atomic mass is 16.2. The molecule has 0 aliphatic heterocycles. The van der Waals surface area contributed by atoms with Crippen LogP contribution in [0, 0.1) is 0 Å². The van der Waals surface area contributed by atoms with E-state index >= 15 is 0 Å². The fraction of sp³-hybridized carbons (Fsp3) is 0.538. The Bertz CT molecular complexity index is 413. The Morgan fingerprint density at radius 1 is 1.53 bits per heavy atom. The summed E-state index contributed by atoms with van der Waals surface area (Å²) in [7, 11) is 0. The SMILES string of the molecule is CCCNc1ccnc(C(=O)NC2(C)CC2)c1. The Morgan fingerprint density at radius 2 is 2.29 bits per heavy atom. The van der Waals surface area contributed by atoms with Crippen molar-refractivity contribution in [2.75, 3.05) is 11.9 Å². The van der Waals surface area contributed by atoms with Crippen LogP contribution >= 0.6 is 0 Å². The summed E-state index contributed by atoms with van der Waals surface area (Å²) < 4.78 is 0. The minimum atomic E-state index is -0.0786. The van der Waals surface area contributed by atoms with Gasteiger partial charge in [0, 0.05) is 24.0 Å². The highest BCUT2D eigenvalue weighted by Gasteiger charge is 2.39. The smallest absolute Gasteiger partial charge is 0.270 e. The molecule has 1 aromatic heterocycles. The van der Waals surface area contributed by atoms with Crippen molar-refractivity contribution in [1.82, 2.24) is 10.3 Å². The standard InChI is InChI=1S/C13H19N3O/c1-3-7-14-10-4-8-15-11(9-10)12(17)16-13(2)5-6-13/h4,8-9H,3,5-7H2,1-2H3,(H,14,15)(H,16,17). The summed E-state index contributed by atoms with van der Waals surface area (Å²) in [6.07, 6.45) is 4.85. The number of carbonyl (C=O) groups is 1. The van der Waals surface area contributed by atoms with Crippen molar-refractivity contribution in [3.63, 3.8) is 0 Å². The quantitative estimate of drug-likeness (QED) is 0.819. The minimum absolute atomic E-state index is 0.00557.